The van der Waals surface area contributed by atoms with Gasteiger partial charge in [0.15, 0.2) is 11.6 Å². The lowest BCUT2D eigenvalue weighted by molar-refractivity contribution is -0.145. The Morgan fingerprint density at radius 1 is 1.06 bits per heavy atom. The van der Waals surface area contributed by atoms with Gasteiger partial charge in [0.2, 0.25) is 11.8 Å². The SMILES string of the molecule is CC1=CC(=O)C2=C(C[C@@H]3C(=CC[C@@H]4C(=O)N(C(C)(C)C)C(=O)[C@@H]43)[C@@H]2c2cc(Br)ccc2O)C1=O. The number of phenols is 1. The second-order valence-electron chi connectivity index (χ2n) is 10.6. The number of ketones is 2. The van der Waals surface area contributed by atoms with E-state index in [4.69, 9.17) is 0 Å². The third kappa shape index (κ3) is 3.20. The van der Waals surface area contributed by atoms with Crippen LogP contribution in [0.25, 0.3) is 0 Å². The Balaban J connectivity index is 1.71. The van der Waals surface area contributed by atoms with Crippen LogP contribution in [-0.4, -0.2) is 38.9 Å². The number of halogens is 1. The van der Waals surface area contributed by atoms with E-state index in [9.17, 15) is 24.3 Å². The highest BCUT2D eigenvalue weighted by molar-refractivity contribution is 9.10. The molecule has 1 fully saturated rings. The van der Waals surface area contributed by atoms with Gasteiger partial charge in [-0.3, -0.25) is 24.1 Å². The molecule has 0 radical (unpaired) electrons. The van der Waals surface area contributed by atoms with Crippen molar-refractivity contribution < 1.29 is 24.3 Å². The van der Waals surface area contributed by atoms with Crippen molar-refractivity contribution in [2.45, 2.75) is 52.0 Å². The Labute approximate surface area is 206 Å². The molecule has 0 bridgehead atoms. The zero-order chi connectivity index (χ0) is 24.7. The van der Waals surface area contributed by atoms with Gasteiger partial charge in [-0.25, -0.2) is 0 Å². The second kappa shape index (κ2) is 7.60. The molecule has 1 N–H and O–H groups in total. The highest BCUT2D eigenvalue weighted by atomic mass is 79.9. The van der Waals surface area contributed by atoms with E-state index in [0.717, 1.165) is 10.0 Å². The highest BCUT2D eigenvalue weighted by Gasteiger charge is 2.58. The minimum Gasteiger partial charge on any atom is -0.508 e. The normalized spacial score (nSPS) is 29.0. The van der Waals surface area contributed by atoms with Crippen LogP contribution in [0.2, 0.25) is 0 Å². The molecule has 1 aromatic rings. The Morgan fingerprint density at radius 2 is 1.76 bits per heavy atom. The van der Waals surface area contributed by atoms with E-state index in [0.29, 0.717) is 28.7 Å². The quantitative estimate of drug-likeness (QED) is 0.335. The molecular formula is C27H26BrNO5. The van der Waals surface area contributed by atoms with Crippen molar-refractivity contribution in [1.29, 1.82) is 0 Å². The van der Waals surface area contributed by atoms with Crippen LogP contribution in [0.4, 0.5) is 0 Å². The van der Waals surface area contributed by atoms with Gasteiger partial charge in [-0.2, -0.15) is 0 Å². The van der Waals surface area contributed by atoms with Crippen LogP contribution in [-0.2, 0) is 19.2 Å². The summed E-state index contributed by atoms with van der Waals surface area (Å²) in [5, 5.41) is 10.8. The number of nitrogens with zero attached hydrogens (tertiary/aromatic N) is 1. The molecule has 2 amide bonds. The average molecular weight is 524 g/mol. The Hall–Kier alpha value is -2.80. The van der Waals surface area contributed by atoms with Crippen LogP contribution in [0.1, 0.15) is 52.0 Å². The fourth-order valence-corrected chi connectivity index (χ4v) is 6.53. The van der Waals surface area contributed by atoms with Gasteiger partial charge in [0, 0.05) is 38.2 Å². The topological polar surface area (TPSA) is 91.8 Å². The van der Waals surface area contributed by atoms with Gasteiger partial charge < -0.3 is 5.11 Å². The first-order valence-electron chi connectivity index (χ1n) is 11.5. The molecule has 1 aliphatic heterocycles. The van der Waals surface area contributed by atoms with Crippen molar-refractivity contribution in [1.82, 2.24) is 4.90 Å². The molecule has 6 nitrogen and oxygen atoms in total. The summed E-state index contributed by atoms with van der Waals surface area (Å²) < 4.78 is 0.728. The molecule has 0 saturated carbocycles. The first-order valence-corrected chi connectivity index (χ1v) is 12.3. The van der Waals surface area contributed by atoms with Crippen molar-refractivity contribution in [2.24, 2.45) is 17.8 Å². The Kier molecular flexibility index (Phi) is 5.13. The number of hydrogen-bond donors (Lipinski definition) is 1. The number of benzene rings is 1. The molecule has 4 aliphatic rings. The standard InChI is InChI=1S/C27H26BrNO5/c1-12-9-20(31)23-18(24(12)32)11-16-14(21(23)17-10-13(28)5-8-19(17)30)6-7-15-22(16)26(34)29(25(15)33)27(2,3)4/h5-6,8-10,15-16,21-22,30H,7,11H2,1-4H3/t15-,16+,21+,22-/m0/s1. The van der Waals surface area contributed by atoms with Crippen molar-refractivity contribution >= 4 is 39.3 Å². The van der Waals surface area contributed by atoms with E-state index >= 15 is 0 Å². The molecule has 1 saturated heterocycles. The lowest BCUT2D eigenvalue weighted by Crippen LogP contribution is -2.46. The highest BCUT2D eigenvalue weighted by Crippen LogP contribution is 2.56. The number of allylic oxidation sites excluding steroid dienone is 6. The number of Topliss-reactive ketones (excluding diaryl/α,β-unsaturated/α-hetero) is 1. The van der Waals surface area contributed by atoms with Crippen molar-refractivity contribution in [3.05, 3.63) is 62.7 Å². The summed E-state index contributed by atoms with van der Waals surface area (Å²) in [7, 11) is 0. The van der Waals surface area contributed by atoms with Crippen LogP contribution >= 0.6 is 15.9 Å². The first-order chi connectivity index (χ1) is 15.9. The number of phenolic OH excluding ortho intramolecular Hbond substituents is 1. The number of imide groups is 1. The first kappa shape index (κ1) is 23.0. The van der Waals surface area contributed by atoms with E-state index in [1.807, 2.05) is 26.8 Å². The second-order valence-corrected chi connectivity index (χ2v) is 11.5. The molecule has 0 unspecified atom stereocenters. The number of fused-ring (bicyclic) bond motifs is 3. The van der Waals surface area contributed by atoms with Crippen molar-refractivity contribution in [3.8, 4) is 5.75 Å². The molecule has 1 heterocycles. The summed E-state index contributed by atoms with van der Waals surface area (Å²) >= 11 is 3.45. The minimum absolute atomic E-state index is 0.0143. The predicted octanol–water partition coefficient (Wildman–Crippen LogP) is 4.38. The third-order valence-electron chi connectivity index (χ3n) is 7.53. The summed E-state index contributed by atoms with van der Waals surface area (Å²) in [5.74, 6) is -2.96. The van der Waals surface area contributed by atoms with E-state index in [1.54, 1.807) is 25.1 Å². The molecule has 0 spiro atoms. The molecule has 4 atom stereocenters. The van der Waals surface area contributed by atoms with Gasteiger partial charge in [-0.15, -0.1) is 0 Å². The van der Waals surface area contributed by atoms with Crippen LogP contribution in [0.3, 0.4) is 0 Å². The van der Waals surface area contributed by atoms with E-state index in [-0.39, 0.29) is 35.6 Å². The van der Waals surface area contributed by atoms with E-state index < -0.39 is 29.2 Å². The number of carbonyl (C=O) groups is 4. The fraction of sp³-hybridized carbons (Fsp3) is 0.407. The van der Waals surface area contributed by atoms with Gasteiger partial charge in [0.1, 0.15) is 5.75 Å². The largest absolute Gasteiger partial charge is 0.508 e. The van der Waals surface area contributed by atoms with Gasteiger partial charge >= 0.3 is 0 Å². The number of aromatic hydroxyl groups is 1. The molecular weight excluding hydrogens is 498 g/mol. The number of amides is 2. The maximum Gasteiger partial charge on any atom is 0.234 e. The molecule has 34 heavy (non-hydrogen) atoms. The maximum atomic E-state index is 13.6. The average Bonchev–Trinajstić information content (AvgIpc) is 3.02. The third-order valence-corrected chi connectivity index (χ3v) is 8.03. The van der Waals surface area contributed by atoms with Crippen LogP contribution in [0.15, 0.2) is 57.1 Å². The molecule has 1 aromatic carbocycles. The van der Waals surface area contributed by atoms with Crippen molar-refractivity contribution in [3.63, 3.8) is 0 Å². The van der Waals surface area contributed by atoms with Crippen LogP contribution in [0, 0.1) is 17.8 Å². The smallest absolute Gasteiger partial charge is 0.234 e. The molecule has 5 rings (SSSR count). The number of likely N-dealkylation sites (tertiary alicyclic amines) is 1. The zero-order valence-electron chi connectivity index (χ0n) is 19.5. The summed E-state index contributed by atoms with van der Waals surface area (Å²) in [4.78, 5) is 54.7. The monoisotopic (exact) mass is 523 g/mol. The minimum atomic E-state index is -0.653. The van der Waals surface area contributed by atoms with Gasteiger partial charge in [-0.1, -0.05) is 27.6 Å². The summed E-state index contributed by atoms with van der Waals surface area (Å²) in [5.41, 5.74) is 1.82. The zero-order valence-corrected chi connectivity index (χ0v) is 21.1. The number of hydrogen-bond acceptors (Lipinski definition) is 5. The lowest BCUT2D eigenvalue weighted by atomic mass is 9.59. The Morgan fingerprint density at radius 3 is 2.44 bits per heavy atom. The summed E-state index contributed by atoms with van der Waals surface area (Å²) in [6.45, 7) is 7.15. The van der Waals surface area contributed by atoms with Crippen LogP contribution in [0.5, 0.6) is 5.75 Å². The molecule has 7 heteroatoms. The molecule has 3 aliphatic carbocycles. The van der Waals surface area contributed by atoms with Gasteiger partial charge in [0.05, 0.1) is 11.8 Å². The van der Waals surface area contributed by atoms with E-state index in [1.165, 1.54) is 11.0 Å². The molecule has 176 valence electrons. The lowest BCUT2D eigenvalue weighted by Gasteiger charge is -2.42. The van der Waals surface area contributed by atoms with Gasteiger partial charge in [0.25, 0.3) is 0 Å². The number of carbonyl (C=O) groups excluding carboxylic acids is 4. The van der Waals surface area contributed by atoms with E-state index in [2.05, 4.69) is 15.9 Å². The maximum absolute atomic E-state index is 13.6. The predicted molar refractivity (Wildman–Crippen MR) is 129 cm³/mol. The summed E-state index contributed by atoms with van der Waals surface area (Å²) in [6.07, 6.45) is 3.95. The summed E-state index contributed by atoms with van der Waals surface area (Å²) in [6, 6.07) is 5.02. The van der Waals surface area contributed by atoms with Crippen molar-refractivity contribution in [2.75, 3.05) is 0 Å². The molecule has 0 aromatic heterocycles. The fourth-order valence-electron chi connectivity index (χ4n) is 6.16. The number of rotatable bonds is 1. The van der Waals surface area contributed by atoms with Gasteiger partial charge in [-0.05, 0) is 70.7 Å². The van der Waals surface area contributed by atoms with Crippen LogP contribution < -0.4 is 0 Å². The Bertz CT molecular complexity index is 1280.